The Morgan fingerprint density at radius 2 is 1.66 bits per heavy atom. The molecule has 0 radical (unpaired) electrons. The van der Waals surface area contributed by atoms with Gasteiger partial charge in [0.05, 0.1) is 30.9 Å². The molecule has 4 N–H and O–H groups in total. The Kier molecular flexibility index (Phi) is 11.4. The predicted molar refractivity (Wildman–Crippen MR) is 215 cm³/mol. The smallest absolute Gasteiger partial charge is 0.348 e. The number of carbonyl (C=O) groups is 3. The number of rotatable bonds is 14. The maximum Gasteiger partial charge on any atom is 0.348 e. The first-order chi connectivity index (χ1) is 28.3. The Hall–Kier alpha value is -4.87. The van der Waals surface area contributed by atoms with Gasteiger partial charge in [-0.15, -0.1) is 11.8 Å². The number of hydrogen-bond donors (Lipinski definition) is 4. The molecule has 0 spiro atoms. The third-order valence-corrected chi connectivity index (χ3v) is 13.5. The maximum absolute atomic E-state index is 13.4. The lowest BCUT2D eigenvalue weighted by Gasteiger charge is -2.32. The van der Waals surface area contributed by atoms with Gasteiger partial charge >= 0.3 is 11.7 Å². The molecule has 15 nitrogen and oxygen atoms in total. The van der Waals surface area contributed by atoms with Gasteiger partial charge < -0.3 is 45.0 Å². The highest BCUT2D eigenvalue weighted by atomic mass is 32.2. The second kappa shape index (κ2) is 17.2. The summed E-state index contributed by atoms with van der Waals surface area (Å²) in [7, 11) is 0. The number of ether oxygens (including phenoxy) is 5. The van der Waals surface area contributed by atoms with Crippen molar-refractivity contribution >= 4 is 41.4 Å². The fourth-order valence-corrected chi connectivity index (χ4v) is 10.4. The van der Waals surface area contributed by atoms with Gasteiger partial charge in [-0.25, -0.2) is 9.59 Å². The summed E-state index contributed by atoms with van der Waals surface area (Å²) >= 11 is 2.90. The van der Waals surface area contributed by atoms with E-state index >= 15 is 0 Å². The van der Waals surface area contributed by atoms with E-state index in [-0.39, 0.29) is 53.5 Å². The van der Waals surface area contributed by atoms with E-state index in [2.05, 4.69) is 26.3 Å². The SMILES string of the molecule is O=C(CCSC1NC(=O)NC2=C1CCCC2)NCc1ccc2c(c1)OC(C1COC(Cn3c4c(c(SCC(=O)NCc5ccc6c(c5)OCO6)nc3=O)CCC4)C1)O2. The zero-order valence-electron chi connectivity index (χ0n) is 32.0. The Bertz CT molecular complexity index is 2200. The second-order valence-electron chi connectivity index (χ2n) is 15.3. The van der Waals surface area contributed by atoms with Crippen molar-refractivity contribution in [1.29, 1.82) is 0 Å². The van der Waals surface area contributed by atoms with E-state index in [0.717, 1.165) is 73.0 Å². The van der Waals surface area contributed by atoms with Crippen LogP contribution < -0.4 is 45.9 Å². The first kappa shape index (κ1) is 38.6. The number of benzene rings is 2. The highest BCUT2D eigenvalue weighted by Crippen LogP contribution is 2.40. The van der Waals surface area contributed by atoms with Crippen LogP contribution in [-0.4, -0.2) is 70.1 Å². The van der Waals surface area contributed by atoms with Crippen molar-refractivity contribution in [2.45, 2.75) is 100 Å². The summed E-state index contributed by atoms with van der Waals surface area (Å²) in [6.45, 7) is 1.74. The van der Waals surface area contributed by atoms with E-state index in [1.54, 1.807) is 16.3 Å². The van der Waals surface area contributed by atoms with Crippen molar-refractivity contribution in [2.75, 3.05) is 24.9 Å². The lowest BCUT2D eigenvalue weighted by molar-refractivity contribution is -0.121. The fourth-order valence-electron chi connectivity index (χ4n) is 8.34. The molecule has 5 heterocycles. The summed E-state index contributed by atoms with van der Waals surface area (Å²) in [5.74, 6) is 3.16. The largest absolute Gasteiger partial charge is 0.454 e. The number of fused-ring (bicyclic) bond motifs is 3. The van der Waals surface area contributed by atoms with Crippen LogP contribution >= 0.6 is 23.5 Å². The molecule has 0 bridgehead atoms. The molecule has 4 amide bonds. The number of nitrogens with zero attached hydrogens (tertiary/aromatic N) is 2. The summed E-state index contributed by atoms with van der Waals surface area (Å²) in [5.41, 5.74) is 5.79. The Balaban J connectivity index is 0.728. The molecule has 1 fully saturated rings. The van der Waals surface area contributed by atoms with E-state index in [0.29, 0.717) is 72.9 Å². The lowest BCUT2D eigenvalue weighted by Crippen LogP contribution is -2.48. The molecule has 6 aliphatic rings. The molecule has 3 aromatic rings. The monoisotopic (exact) mass is 830 g/mol. The van der Waals surface area contributed by atoms with Crippen LogP contribution in [-0.2, 0) is 46.8 Å². The van der Waals surface area contributed by atoms with Gasteiger partial charge in [-0.3, -0.25) is 14.2 Å². The fraction of sp³-hybridized carbons (Fsp3) is 0.488. The summed E-state index contributed by atoms with van der Waals surface area (Å²) < 4.78 is 31.2. The normalized spacial score (nSPS) is 22.6. The van der Waals surface area contributed by atoms with E-state index < -0.39 is 6.29 Å². The molecule has 9 rings (SSSR count). The first-order valence-electron chi connectivity index (χ1n) is 20.0. The molecule has 1 saturated heterocycles. The summed E-state index contributed by atoms with van der Waals surface area (Å²) in [5, 5.41) is 12.4. The molecule has 1 aromatic heterocycles. The third kappa shape index (κ3) is 8.61. The van der Waals surface area contributed by atoms with Crippen molar-refractivity contribution in [1.82, 2.24) is 30.8 Å². The molecular formula is C41H46N6O9S2. The Morgan fingerprint density at radius 3 is 2.53 bits per heavy atom. The standard InChI is InChI=1S/C41H46N6O9S2/c48-35(12-13-57-37-27-4-1-2-6-29(27)44-40(50)45-37)42-17-24-9-11-32-34(15-24)56-39(55-32)25-16-26(52-20-25)19-47-30-7-3-5-28(30)38(46-41(47)51)58-21-36(49)43-18-23-8-10-31-33(14-23)54-22-53-31/h8-11,14-15,25-26,37,39H,1-7,12-13,16-22H2,(H,42,48)(H,43,49)(H2,44,45,50). The lowest BCUT2D eigenvalue weighted by atomic mass is 9.95. The molecule has 306 valence electrons. The van der Waals surface area contributed by atoms with Crippen LogP contribution in [0.1, 0.15) is 67.3 Å². The van der Waals surface area contributed by atoms with Crippen LogP contribution in [0.4, 0.5) is 4.79 Å². The van der Waals surface area contributed by atoms with Gasteiger partial charge in [0, 0.05) is 42.2 Å². The molecule has 58 heavy (non-hydrogen) atoms. The van der Waals surface area contributed by atoms with Crippen molar-refractivity contribution < 1.29 is 38.1 Å². The molecule has 0 saturated carbocycles. The van der Waals surface area contributed by atoms with Gasteiger partial charge in [0.1, 0.15) is 10.4 Å². The number of hydrogen-bond acceptors (Lipinski definition) is 12. The second-order valence-corrected chi connectivity index (χ2v) is 17.4. The molecule has 2 aromatic carbocycles. The highest BCUT2D eigenvalue weighted by molar-refractivity contribution is 8.00. The number of urea groups is 1. The van der Waals surface area contributed by atoms with Crippen LogP contribution in [0.2, 0.25) is 0 Å². The number of amides is 4. The highest BCUT2D eigenvalue weighted by Gasteiger charge is 2.39. The summed E-state index contributed by atoms with van der Waals surface area (Å²) in [6, 6.07) is 11.1. The predicted octanol–water partition coefficient (Wildman–Crippen LogP) is 4.28. The van der Waals surface area contributed by atoms with Crippen molar-refractivity contribution in [2.24, 2.45) is 5.92 Å². The van der Waals surface area contributed by atoms with Crippen molar-refractivity contribution in [3.8, 4) is 23.0 Å². The average Bonchev–Trinajstić information content (AvgIpc) is 4.06. The third-order valence-electron chi connectivity index (χ3n) is 11.3. The molecule has 4 unspecified atom stereocenters. The topological polar surface area (TPSA) is 180 Å². The van der Waals surface area contributed by atoms with Crippen LogP contribution in [0.5, 0.6) is 23.0 Å². The van der Waals surface area contributed by atoms with Gasteiger partial charge in [0.2, 0.25) is 24.9 Å². The molecule has 2 aliphatic carbocycles. The molecule has 4 atom stereocenters. The van der Waals surface area contributed by atoms with E-state index in [9.17, 15) is 19.2 Å². The van der Waals surface area contributed by atoms with Gasteiger partial charge in [0.15, 0.2) is 23.0 Å². The van der Waals surface area contributed by atoms with E-state index in [4.69, 9.17) is 23.7 Å². The van der Waals surface area contributed by atoms with Crippen molar-refractivity contribution in [3.05, 3.63) is 80.5 Å². The van der Waals surface area contributed by atoms with Gasteiger partial charge in [-0.2, -0.15) is 4.98 Å². The first-order valence-corrected chi connectivity index (χ1v) is 22.0. The van der Waals surface area contributed by atoms with Gasteiger partial charge in [-0.1, -0.05) is 23.9 Å². The van der Waals surface area contributed by atoms with Crippen LogP contribution in [0, 0.1) is 5.92 Å². The molecular weight excluding hydrogens is 785 g/mol. The zero-order chi connectivity index (χ0) is 39.6. The number of aromatic nitrogens is 2. The summed E-state index contributed by atoms with van der Waals surface area (Å²) in [4.78, 5) is 55.4. The Morgan fingerprint density at radius 1 is 0.879 bits per heavy atom. The van der Waals surface area contributed by atoms with Crippen LogP contribution in [0.15, 0.2) is 57.5 Å². The van der Waals surface area contributed by atoms with Crippen LogP contribution in [0.25, 0.3) is 0 Å². The number of nitrogens with one attached hydrogen (secondary N) is 4. The Labute approximate surface area is 343 Å². The minimum atomic E-state index is -0.521. The van der Waals surface area contributed by atoms with E-state index in [1.165, 1.54) is 17.3 Å². The van der Waals surface area contributed by atoms with E-state index in [1.807, 2.05) is 36.4 Å². The number of thioether (sulfide) groups is 2. The number of carbonyl (C=O) groups excluding carboxylic acids is 3. The van der Waals surface area contributed by atoms with Crippen LogP contribution in [0.3, 0.4) is 0 Å². The quantitative estimate of drug-likeness (QED) is 0.134. The van der Waals surface area contributed by atoms with Gasteiger partial charge in [0.25, 0.3) is 0 Å². The average molecular weight is 831 g/mol. The minimum absolute atomic E-state index is 0.0362. The maximum atomic E-state index is 13.4. The minimum Gasteiger partial charge on any atom is -0.454 e. The molecule has 4 aliphatic heterocycles. The van der Waals surface area contributed by atoms with Crippen molar-refractivity contribution in [3.63, 3.8) is 0 Å². The zero-order valence-corrected chi connectivity index (χ0v) is 33.6. The number of allylic oxidation sites excluding steroid dienone is 1. The summed E-state index contributed by atoms with van der Waals surface area (Å²) in [6.07, 6.45) is 6.86. The molecule has 17 heteroatoms. The van der Waals surface area contributed by atoms with Gasteiger partial charge in [-0.05, 0) is 92.3 Å².